The van der Waals surface area contributed by atoms with Crippen molar-refractivity contribution in [1.82, 2.24) is 14.5 Å². The SMILES string of the molecule is CC(C)Cc1cc(-c2[c-]cccc2)nc[c]1[Ge]([CH3])([CH3])[CH3].[Ir].[c-]1cc2oc3ccccc3c2cc1-c1nc2ccc3ccccc3c2n1-c1ccccc1. The number of hydrogen-bond acceptors (Lipinski definition) is 3. The Hall–Kier alpha value is -4.81. The van der Waals surface area contributed by atoms with Crippen LogP contribution in [0.25, 0.3) is 72.1 Å². The van der Waals surface area contributed by atoms with Gasteiger partial charge < -0.3 is 8.98 Å². The van der Waals surface area contributed by atoms with Gasteiger partial charge in [0.2, 0.25) is 0 Å². The van der Waals surface area contributed by atoms with E-state index in [4.69, 9.17) is 14.4 Å². The van der Waals surface area contributed by atoms with E-state index < -0.39 is 13.3 Å². The average Bonchev–Trinajstić information content (AvgIpc) is 3.74. The second-order valence-corrected chi connectivity index (χ2v) is 25.4. The zero-order valence-corrected chi connectivity index (χ0v) is 35.1. The first kappa shape index (κ1) is 36.5. The van der Waals surface area contributed by atoms with E-state index in [2.05, 4.69) is 139 Å². The molecule has 1 radical (unpaired) electrons. The van der Waals surface area contributed by atoms with Crippen LogP contribution >= 0.6 is 0 Å². The van der Waals surface area contributed by atoms with Crippen LogP contribution in [0.4, 0.5) is 0 Å². The summed E-state index contributed by atoms with van der Waals surface area (Å²) < 4.78 is 9.80. The van der Waals surface area contributed by atoms with Crippen LogP contribution in [-0.2, 0) is 26.5 Å². The number of nitrogens with zero attached hydrogens (tertiary/aromatic N) is 3. The Kier molecular flexibility index (Phi) is 10.5. The molecule has 0 aliphatic rings. The third-order valence-electron chi connectivity index (χ3n) is 9.52. The van der Waals surface area contributed by atoms with E-state index in [-0.39, 0.29) is 20.1 Å². The maximum absolute atomic E-state index is 6.02. The molecule has 9 rings (SSSR count). The molecule has 3 aromatic heterocycles. The topological polar surface area (TPSA) is 43.9 Å². The fourth-order valence-electron chi connectivity index (χ4n) is 7.13. The number of fused-ring (bicyclic) bond motifs is 6. The number of imidazole rings is 1. The quantitative estimate of drug-likeness (QED) is 0.123. The molecule has 3 heterocycles. The van der Waals surface area contributed by atoms with E-state index in [1.54, 1.807) is 4.40 Å². The Morgan fingerprint density at radius 2 is 1.45 bits per heavy atom. The van der Waals surface area contributed by atoms with Crippen LogP contribution in [0.15, 0.2) is 144 Å². The number of rotatable bonds is 6. The smallest absolute Gasteiger partial charge is 0.120 e. The predicted molar refractivity (Wildman–Crippen MR) is 220 cm³/mol. The van der Waals surface area contributed by atoms with E-state index >= 15 is 0 Å². The number of benzene rings is 6. The van der Waals surface area contributed by atoms with Crippen molar-refractivity contribution in [3.05, 3.63) is 157 Å². The van der Waals surface area contributed by atoms with Gasteiger partial charge in [-0.15, -0.1) is 23.8 Å². The molecule has 0 aliphatic heterocycles. The van der Waals surface area contributed by atoms with Crippen molar-refractivity contribution in [2.24, 2.45) is 5.92 Å². The van der Waals surface area contributed by atoms with Gasteiger partial charge in [-0.3, -0.25) is 4.98 Å². The van der Waals surface area contributed by atoms with Crippen molar-refractivity contribution in [3.63, 3.8) is 0 Å². The molecule has 0 unspecified atom stereocenters. The van der Waals surface area contributed by atoms with Crippen molar-refractivity contribution < 1.29 is 24.5 Å². The number of pyridine rings is 1. The maximum Gasteiger partial charge on any atom is 0.120 e. The number of para-hydroxylation sites is 2. The molecule has 0 spiro atoms. The van der Waals surface area contributed by atoms with Crippen molar-refractivity contribution in [2.45, 2.75) is 37.5 Å². The third kappa shape index (κ3) is 7.39. The molecular weight excluding hydrogens is 887 g/mol. The number of aromatic nitrogens is 3. The largest absolute Gasteiger partial charge is 0.500 e. The average molecular weight is 929 g/mol. The van der Waals surface area contributed by atoms with Gasteiger partial charge in [-0.05, 0) is 29.7 Å². The predicted octanol–water partition coefficient (Wildman–Crippen LogP) is 11.8. The van der Waals surface area contributed by atoms with E-state index in [0.717, 1.165) is 67.7 Å². The van der Waals surface area contributed by atoms with E-state index in [9.17, 15) is 0 Å². The molecule has 0 saturated heterocycles. The fraction of sp³-hybridized carbons (Fsp3) is 0.149. The molecule has 0 saturated carbocycles. The molecule has 9 aromatic rings. The second kappa shape index (κ2) is 15.3. The molecule has 0 atom stereocenters. The van der Waals surface area contributed by atoms with E-state index in [0.29, 0.717) is 5.92 Å². The van der Waals surface area contributed by atoms with Crippen molar-refractivity contribution in [3.8, 4) is 28.3 Å². The molecular formula is C47H41GeIrN3O-2. The van der Waals surface area contributed by atoms with Crippen LogP contribution in [-0.4, -0.2) is 27.8 Å². The summed E-state index contributed by atoms with van der Waals surface area (Å²) in [4.78, 5) is 9.78. The molecule has 0 aliphatic carbocycles. The standard InChI is InChI=1S/C29H17N2O.C18H24GeN.Ir/c1-2-9-21(10-3-1)31-28-22-11-5-4-8-19(22)14-16-25(28)30-29(31)20-15-17-27-24(18-20)23-12-6-7-13-26(23)32-27;1-14(2)11-16-12-18(15-9-7-6-8-10-15)20-13-17(16)19(3,4)5;/h1-14,16-18H;6-9,12-14H,11H2,1-5H3;/q2*-1;. The van der Waals surface area contributed by atoms with Crippen molar-refractivity contribution in [2.75, 3.05) is 0 Å². The first-order chi connectivity index (χ1) is 25.2. The van der Waals surface area contributed by atoms with Crippen molar-refractivity contribution in [1.29, 1.82) is 0 Å². The summed E-state index contributed by atoms with van der Waals surface area (Å²) in [7, 11) is 0. The molecule has 6 heteroatoms. The monoisotopic (exact) mass is 930 g/mol. The van der Waals surface area contributed by atoms with Gasteiger partial charge in [0.15, 0.2) is 0 Å². The van der Waals surface area contributed by atoms with Crippen LogP contribution in [0.1, 0.15) is 19.4 Å². The van der Waals surface area contributed by atoms with Gasteiger partial charge >= 0.3 is 126 Å². The van der Waals surface area contributed by atoms with Gasteiger partial charge in [0.25, 0.3) is 0 Å². The maximum atomic E-state index is 6.02. The Labute approximate surface area is 327 Å². The molecule has 6 aromatic carbocycles. The molecule has 0 fully saturated rings. The van der Waals surface area contributed by atoms with Crippen LogP contribution in [0, 0.1) is 18.1 Å². The second-order valence-electron chi connectivity index (χ2n) is 14.8. The zero-order chi connectivity index (χ0) is 35.8. The Morgan fingerprint density at radius 3 is 2.21 bits per heavy atom. The molecule has 0 amide bonds. The van der Waals surface area contributed by atoms with Crippen molar-refractivity contribution >= 4 is 61.4 Å². The normalized spacial score (nSPS) is 11.6. The van der Waals surface area contributed by atoms with Gasteiger partial charge in [0, 0.05) is 36.6 Å². The Bertz CT molecular complexity index is 2670. The summed E-state index contributed by atoms with van der Waals surface area (Å²) in [5.74, 6) is 8.86. The van der Waals surface area contributed by atoms with Crippen LogP contribution in [0.5, 0.6) is 0 Å². The summed E-state index contributed by atoms with van der Waals surface area (Å²) in [6, 6.07) is 52.4. The number of hydrogen-bond donors (Lipinski definition) is 0. The molecule has 265 valence electrons. The van der Waals surface area contributed by atoms with Gasteiger partial charge in [-0.25, -0.2) is 0 Å². The van der Waals surface area contributed by atoms with Gasteiger partial charge in [0.1, 0.15) is 5.58 Å². The van der Waals surface area contributed by atoms with Gasteiger partial charge in [-0.2, -0.15) is 0 Å². The first-order valence-corrected chi connectivity index (χ1v) is 25.3. The summed E-state index contributed by atoms with van der Waals surface area (Å²) in [5, 5.41) is 4.56. The van der Waals surface area contributed by atoms with E-state index in [1.165, 1.54) is 16.3 Å². The summed E-state index contributed by atoms with van der Waals surface area (Å²) in [5.41, 5.74) is 9.44. The van der Waals surface area contributed by atoms with Crippen LogP contribution < -0.4 is 4.40 Å². The Balaban J connectivity index is 0.000000180. The summed E-state index contributed by atoms with van der Waals surface area (Å²) in [6.45, 7) is 4.57. The molecule has 0 bridgehead atoms. The van der Waals surface area contributed by atoms with E-state index in [1.807, 2.05) is 48.5 Å². The van der Waals surface area contributed by atoms with Gasteiger partial charge in [-0.1, -0.05) is 72.1 Å². The minimum atomic E-state index is -1.86. The summed E-state index contributed by atoms with van der Waals surface area (Å²) >= 11 is -1.86. The number of furan rings is 1. The van der Waals surface area contributed by atoms with Crippen LogP contribution in [0.2, 0.25) is 17.3 Å². The zero-order valence-electron chi connectivity index (χ0n) is 30.6. The first-order valence-electron chi connectivity index (χ1n) is 18.0. The minimum Gasteiger partial charge on any atom is -0.500 e. The minimum absolute atomic E-state index is 0. The molecule has 53 heavy (non-hydrogen) atoms. The summed E-state index contributed by atoms with van der Waals surface area (Å²) in [6.07, 6.45) is 3.27. The Morgan fingerprint density at radius 1 is 0.717 bits per heavy atom. The van der Waals surface area contributed by atoms with Crippen LogP contribution in [0.3, 0.4) is 0 Å². The van der Waals surface area contributed by atoms with Gasteiger partial charge in [0.05, 0.1) is 22.4 Å². The molecule has 0 N–H and O–H groups in total. The third-order valence-corrected chi connectivity index (χ3v) is 13.9. The fourth-order valence-corrected chi connectivity index (χ4v) is 10.5. The molecule has 4 nitrogen and oxygen atoms in total.